The van der Waals surface area contributed by atoms with Gasteiger partial charge in [0.05, 0.1) is 23.5 Å². The van der Waals surface area contributed by atoms with E-state index in [0.717, 1.165) is 5.69 Å². The molecule has 2 rings (SSSR count). The van der Waals surface area contributed by atoms with Gasteiger partial charge in [-0.3, -0.25) is 14.3 Å². The summed E-state index contributed by atoms with van der Waals surface area (Å²) < 4.78 is 19.6. The number of hydrogen-bond donors (Lipinski definition) is 1. The molecule has 1 atom stereocenters. The topological polar surface area (TPSA) is 73.2 Å². The molecule has 0 aliphatic heterocycles. The molecular formula is C17H20FN3O3. The monoisotopic (exact) mass is 333 g/mol. The summed E-state index contributed by atoms with van der Waals surface area (Å²) >= 11 is 0. The number of anilines is 1. The Balaban J connectivity index is 1.93. The van der Waals surface area contributed by atoms with Gasteiger partial charge in [-0.15, -0.1) is 0 Å². The van der Waals surface area contributed by atoms with E-state index in [1.165, 1.54) is 31.2 Å². The van der Waals surface area contributed by atoms with Gasteiger partial charge >= 0.3 is 5.97 Å². The van der Waals surface area contributed by atoms with E-state index in [9.17, 15) is 14.0 Å². The molecule has 1 N–H and O–H groups in total. The van der Waals surface area contributed by atoms with Crippen molar-refractivity contribution in [1.82, 2.24) is 9.78 Å². The van der Waals surface area contributed by atoms with Crippen LogP contribution in [0.15, 0.2) is 24.3 Å². The molecule has 1 unspecified atom stereocenters. The molecule has 0 fully saturated rings. The minimum atomic E-state index is -0.947. The summed E-state index contributed by atoms with van der Waals surface area (Å²) in [7, 11) is 1.78. The lowest BCUT2D eigenvalue weighted by Gasteiger charge is -2.14. The molecule has 0 aliphatic carbocycles. The van der Waals surface area contributed by atoms with Gasteiger partial charge in [0.1, 0.15) is 5.82 Å². The summed E-state index contributed by atoms with van der Waals surface area (Å²) in [6, 6.07) is 5.55. The van der Waals surface area contributed by atoms with E-state index in [0.29, 0.717) is 16.9 Å². The van der Waals surface area contributed by atoms with Crippen LogP contribution in [0.25, 0.3) is 0 Å². The molecule has 128 valence electrons. The number of esters is 1. The highest BCUT2D eigenvalue weighted by atomic mass is 19.1. The van der Waals surface area contributed by atoms with Crippen LogP contribution in [0, 0.1) is 19.7 Å². The summed E-state index contributed by atoms with van der Waals surface area (Å²) in [5, 5.41) is 6.94. The van der Waals surface area contributed by atoms with Crippen molar-refractivity contribution in [2.75, 3.05) is 5.32 Å². The van der Waals surface area contributed by atoms with Crippen molar-refractivity contribution < 1.29 is 18.7 Å². The Kier molecular flexibility index (Phi) is 5.33. The van der Waals surface area contributed by atoms with Crippen molar-refractivity contribution in [1.29, 1.82) is 0 Å². The van der Waals surface area contributed by atoms with Crippen LogP contribution in [0.1, 0.15) is 23.9 Å². The van der Waals surface area contributed by atoms with Gasteiger partial charge in [-0.1, -0.05) is 12.1 Å². The minimum absolute atomic E-state index is 0.0250. The largest absolute Gasteiger partial charge is 0.452 e. The molecule has 0 radical (unpaired) electrons. The molecule has 0 saturated heterocycles. The van der Waals surface area contributed by atoms with Crippen molar-refractivity contribution in [2.24, 2.45) is 7.05 Å². The summed E-state index contributed by atoms with van der Waals surface area (Å²) in [6.07, 6.45) is -0.972. The van der Waals surface area contributed by atoms with E-state index >= 15 is 0 Å². The van der Waals surface area contributed by atoms with E-state index in [1.54, 1.807) is 18.7 Å². The molecule has 6 nitrogen and oxygen atoms in total. The zero-order valence-electron chi connectivity index (χ0n) is 14.1. The smallest absolute Gasteiger partial charge is 0.311 e. The number of carbonyl (C=O) groups excluding carboxylic acids is 2. The fourth-order valence-corrected chi connectivity index (χ4v) is 2.24. The number of nitrogens with zero attached hydrogens (tertiary/aromatic N) is 2. The van der Waals surface area contributed by atoms with E-state index in [4.69, 9.17) is 4.74 Å². The maximum absolute atomic E-state index is 12.8. The van der Waals surface area contributed by atoms with Crippen LogP contribution >= 0.6 is 0 Å². The second-order valence-electron chi connectivity index (χ2n) is 5.59. The van der Waals surface area contributed by atoms with Crippen LogP contribution in [0.3, 0.4) is 0 Å². The van der Waals surface area contributed by atoms with Crippen LogP contribution < -0.4 is 5.32 Å². The fraction of sp³-hybridized carbons (Fsp3) is 0.353. The predicted octanol–water partition coefficient (Wildman–Crippen LogP) is 2.29. The molecule has 0 aliphatic rings. The van der Waals surface area contributed by atoms with E-state index in [-0.39, 0.29) is 12.2 Å². The highest BCUT2D eigenvalue weighted by Gasteiger charge is 2.21. The van der Waals surface area contributed by atoms with Gasteiger partial charge in [0, 0.05) is 7.05 Å². The molecular weight excluding hydrogens is 313 g/mol. The first-order valence-electron chi connectivity index (χ1n) is 7.53. The fourth-order valence-electron chi connectivity index (χ4n) is 2.24. The van der Waals surface area contributed by atoms with Crippen LogP contribution in [0.4, 0.5) is 10.1 Å². The molecule has 0 saturated carbocycles. The number of ether oxygens (including phenoxy) is 1. The van der Waals surface area contributed by atoms with Gasteiger partial charge in [-0.25, -0.2) is 4.39 Å². The highest BCUT2D eigenvalue weighted by molar-refractivity contribution is 5.96. The molecule has 2 aromatic rings. The van der Waals surface area contributed by atoms with E-state index < -0.39 is 18.0 Å². The predicted molar refractivity (Wildman–Crippen MR) is 87.0 cm³/mol. The first-order chi connectivity index (χ1) is 11.3. The van der Waals surface area contributed by atoms with Gasteiger partial charge in [0.2, 0.25) is 0 Å². The Morgan fingerprint density at radius 3 is 2.46 bits per heavy atom. The second kappa shape index (κ2) is 7.25. The first kappa shape index (κ1) is 17.7. The number of aromatic nitrogens is 2. The zero-order chi connectivity index (χ0) is 17.9. The van der Waals surface area contributed by atoms with Crippen molar-refractivity contribution in [3.05, 3.63) is 47.0 Å². The number of rotatable bonds is 5. The zero-order valence-corrected chi connectivity index (χ0v) is 14.1. The number of nitrogens with one attached hydrogen (secondary N) is 1. The van der Waals surface area contributed by atoms with Gasteiger partial charge in [0.25, 0.3) is 5.91 Å². The van der Waals surface area contributed by atoms with Crippen LogP contribution in [-0.2, 0) is 27.8 Å². The third kappa shape index (κ3) is 4.18. The Morgan fingerprint density at radius 2 is 1.92 bits per heavy atom. The molecule has 1 amide bonds. The maximum Gasteiger partial charge on any atom is 0.311 e. The van der Waals surface area contributed by atoms with Gasteiger partial charge in [0.15, 0.2) is 6.10 Å². The minimum Gasteiger partial charge on any atom is -0.452 e. The van der Waals surface area contributed by atoms with Crippen molar-refractivity contribution in [3.8, 4) is 0 Å². The quantitative estimate of drug-likeness (QED) is 0.852. The Morgan fingerprint density at radius 1 is 1.29 bits per heavy atom. The summed E-state index contributed by atoms with van der Waals surface area (Å²) in [4.78, 5) is 24.1. The third-order valence-electron chi connectivity index (χ3n) is 3.70. The van der Waals surface area contributed by atoms with Crippen molar-refractivity contribution >= 4 is 17.6 Å². The molecule has 24 heavy (non-hydrogen) atoms. The van der Waals surface area contributed by atoms with Crippen LogP contribution in [0.2, 0.25) is 0 Å². The summed E-state index contributed by atoms with van der Waals surface area (Å²) in [5.74, 6) is -1.35. The van der Waals surface area contributed by atoms with Crippen molar-refractivity contribution in [2.45, 2.75) is 33.3 Å². The van der Waals surface area contributed by atoms with Gasteiger partial charge in [-0.05, 0) is 38.5 Å². The molecule has 7 heteroatoms. The van der Waals surface area contributed by atoms with Gasteiger partial charge in [-0.2, -0.15) is 5.10 Å². The molecule has 0 bridgehead atoms. The number of halogens is 1. The summed E-state index contributed by atoms with van der Waals surface area (Å²) in [6.45, 7) is 5.12. The average molecular weight is 333 g/mol. The molecule has 1 aromatic carbocycles. The first-order valence-corrected chi connectivity index (χ1v) is 7.53. The van der Waals surface area contributed by atoms with E-state index in [1.807, 2.05) is 6.92 Å². The normalized spacial score (nSPS) is 11.9. The van der Waals surface area contributed by atoms with Crippen LogP contribution in [-0.4, -0.2) is 27.8 Å². The number of benzene rings is 1. The molecule has 1 heterocycles. The lowest BCUT2D eigenvalue weighted by Crippen LogP contribution is -2.30. The highest BCUT2D eigenvalue weighted by Crippen LogP contribution is 2.18. The van der Waals surface area contributed by atoms with Crippen molar-refractivity contribution in [3.63, 3.8) is 0 Å². The van der Waals surface area contributed by atoms with Crippen LogP contribution in [0.5, 0.6) is 0 Å². The summed E-state index contributed by atoms with van der Waals surface area (Å²) in [5.41, 5.74) is 2.73. The lowest BCUT2D eigenvalue weighted by molar-refractivity contribution is -0.152. The van der Waals surface area contributed by atoms with Gasteiger partial charge < -0.3 is 10.1 Å². The molecule has 0 spiro atoms. The Labute approximate surface area is 139 Å². The van der Waals surface area contributed by atoms with E-state index in [2.05, 4.69) is 10.4 Å². The number of aryl methyl sites for hydroxylation is 2. The average Bonchev–Trinajstić information content (AvgIpc) is 2.75. The Hall–Kier alpha value is -2.70. The number of hydrogen-bond acceptors (Lipinski definition) is 4. The maximum atomic E-state index is 12.8. The second-order valence-corrected chi connectivity index (χ2v) is 5.59. The number of amides is 1. The Bertz CT molecular complexity index is 753. The molecule has 1 aromatic heterocycles. The lowest BCUT2D eigenvalue weighted by atomic mass is 10.1. The number of carbonyl (C=O) groups is 2. The SMILES string of the molecule is Cc1nn(C)c(C)c1NC(=O)C(C)OC(=O)Cc1ccc(F)cc1. The third-order valence-corrected chi connectivity index (χ3v) is 3.70. The standard InChI is InChI=1S/C17H20FN3O3/c1-10-16(11(2)21(4)20-10)19-17(23)12(3)24-15(22)9-13-5-7-14(18)8-6-13/h5-8,12H,9H2,1-4H3,(H,19,23).